The fourth-order valence-electron chi connectivity index (χ4n) is 1.54. The van der Waals surface area contributed by atoms with Gasteiger partial charge in [0.15, 0.2) is 0 Å². The molecule has 0 amide bonds. The van der Waals surface area contributed by atoms with E-state index >= 15 is 0 Å². The molecule has 2 rings (SSSR count). The normalized spacial score (nSPS) is 15.7. The number of benzene rings is 1. The molecule has 1 aromatic rings. The van der Waals surface area contributed by atoms with Gasteiger partial charge < -0.3 is 5.11 Å². The number of hydrogen-bond acceptors (Lipinski definition) is 3. The Bertz CT molecular complexity index is 608. The molecule has 1 saturated carbocycles. The summed E-state index contributed by atoms with van der Waals surface area (Å²) in [5, 5.41) is 8.82. The molecule has 0 aliphatic heterocycles. The largest absolute Gasteiger partial charge is 0.478 e. The number of rotatable bonds is 4. The van der Waals surface area contributed by atoms with E-state index in [-0.39, 0.29) is 16.5 Å². The van der Waals surface area contributed by atoms with Crippen LogP contribution in [0, 0.1) is 12.7 Å². The van der Waals surface area contributed by atoms with Crippen molar-refractivity contribution in [3.05, 3.63) is 29.1 Å². The Morgan fingerprint density at radius 2 is 2.06 bits per heavy atom. The summed E-state index contributed by atoms with van der Waals surface area (Å²) < 4.78 is 39.7. The lowest BCUT2D eigenvalue weighted by atomic mass is 10.1. The van der Waals surface area contributed by atoms with Crippen molar-refractivity contribution in [2.45, 2.75) is 30.7 Å². The molecule has 98 valence electrons. The van der Waals surface area contributed by atoms with Gasteiger partial charge in [-0.05, 0) is 37.5 Å². The number of carboxylic acids is 1. The molecule has 18 heavy (non-hydrogen) atoms. The summed E-state index contributed by atoms with van der Waals surface area (Å²) >= 11 is 0. The van der Waals surface area contributed by atoms with Gasteiger partial charge in [0.1, 0.15) is 5.82 Å². The Labute approximate surface area is 104 Å². The average molecular weight is 273 g/mol. The summed E-state index contributed by atoms with van der Waals surface area (Å²) in [5.74, 6) is -2.40. The van der Waals surface area contributed by atoms with Crippen molar-refractivity contribution in [2.24, 2.45) is 0 Å². The van der Waals surface area contributed by atoms with Crippen molar-refractivity contribution in [3.8, 4) is 0 Å². The monoisotopic (exact) mass is 273 g/mol. The highest BCUT2D eigenvalue weighted by molar-refractivity contribution is 7.89. The van der Waals surface area contributed by atoms with E-state index in [4.69, 9.17) is 5.11 Å². The molecule has 0 spiro atoms. The third-order valence-electron chi connectivity index (χ3n) is 2.67. The van der Waals surface area contributed by atoms with Crippen LogP contribution in [-0.4, -0.2) is 25.5 Å². The molecule has 1 fully saturated rings. The summed E-state index contributed by atoms with van der Waals surface area (Å²) in [7, 11) is -3.77. The van der Waals surface area contributed by atoms with Crippen molar-refractivity contribution in [1.29, 1.82) is 0 Å². The Morgan fingerprint density at radius 3 is 2.56 bits per heavy atom. The number of carboxylic acid groups (broad SMARTS) is 1. The van der Waals surface area contributed by atoms with E-state index in [9.17, 15) is 17.6 Å². The van der Waals surface area contributed by atoms with Gasteiger partial charge >= 0.3 is 5.97 Å². The summed E-state index contributed by atoms with van der Waals surface area (Å²) in [4.78, 5) is 10.6. The standard InChI is InChI=1S/C11H12FNO4S/c1-6-4-8(5-9(10(6)12)11(14)15)18(16,17)13-7-2-3-7/h4-5,7,13H,2-3H2,1H3,(H,14,15). The molecule has 1 aliphatic rings. The lowest BCUT2D eigenvalue weighted by Crippen LogP contribution is -2.26. The number of halogens is 1. The van der Waals surface area contributed by atoms with Gasteiger partial charge in [-0.15, -0.1) is 0 Å². The SMILES string of the molecule is Cc1cc(S(=O)(=O)NC2CC2)cc(C(=O)O)c1F. The first-order valence-electron chi connectivity index (χ1n) is 5.37. The van der Waals surface area contributed by atoms with E-state index in [0.717, 1.165) is 25.0 Å². The maximum atomic E-state index is 13.5. The van der Waals surface area contributed by atoms with Crippen LogP contribution in [0.5, 0.6) is 0 Å². The minimum absolute atomic E-state index is 0.00827. The lowest BCUT2D eigenvalue weighted by Gasteiger charge is -2.08. The molecule has 1 aromatic carbocycles. The van der Waals surface area contributed by atoms with Crippen LogP contribution in [0.4, 0.5) is 4.39 Å². The fourth-order valence-corrected chi connectivity index (χ4v) is 2.95. The minimum atomic E-state index is -3.77. The molecule has 0 atom stereocenters. The summed E-state index contributed by atoms with van der Waals surface area (Å²) in [5.41, 5.74) is -0.641. The highest BCUT2D eigenvalue weighted by Crippen LogP contribution is 2.24. The topological polar surface area (TPSA) is 83.5 Å². The third-order valence-corrected chi connectivity index (χ3v) is 4.17. The molecule has 0 heterocycles. The Balaban J connectivity index is 2.48. The van der Waals surface area contributed by atoms with Gasteiger partial charge in [0.25, 0.3) is 0 Å². The predicted molar refractivity (Wildman–Crippen MR) is 61.4 cm³/mol. The van der Waals surface area contributed by atoms with Gasteiger partial charge in [0, 0.05) is 6.04 Å². The number of carbonyl (C=O) groups is 1. The molecule has 0 bridgehead atoms. The molecule has 0 radical (unpaired) electrons. The van der Waals surface area contributed by atoms with E-state index in [0.29, 0.717) is 0 Å². The van der Waals surface area contributed by atoms with E-state index in [2.05, 4.69) is 4.72 Å². The fraction of sp³-hybridized carbons (Fsp3) is 0.364. The van der Waals surface area contributed by atoms with Gasteiger partial charge in [0.05, 0.1) is 10.5 Å². The highest BCUT2D eigenvalue weighted by atomic mass is 32.2. The van der Waals surface area contributed by atoms with Crippen molar-refractivity contribution in [3.63, 3.8) is 0 Å². The molecule has 0 saturated heterocycles. The number of aromatic carboxylic acids is 1. The second kappa shape index (κ2) is 4.33. The summed E-state index contributed by atoms with van der Waals surface area (Å²) in [6.07, 6.45) is 1.54. The van der Waals surface area contributed by atoms with Crippen LogP contribution in [0.25, 0.3) is 0 Å². The Kier molecular flexibility index (Phi) is 3.12. The van der Waals surface area contributed by atoms with E-state index in [1.54, 1.807) is 0 Å². The number of aryl methyl sites for hydroxylation is 1. The van der Waals surface area contributed by atoms with E-state index in [1.165, 1.54) is 6.92 Å². The molecular weight excluding hydrogens is 261 g/mol. The van der Waals surface area contributed by atoms with Gasteiger partial charge in [-0.3, -0.25) is 0 Å². The summed E-state index contributed by atoms with van der Waals surface area (Å²) in [6, 6.07) is 1.88. The van der Waals surface area contributed by atoms with Gasteiger partial charge in [-0.2, -0.15) is 0 Å². The van der Waals surface area contributed by atoms with Crippen molar-refractivity contribution >= 4 is 16.0 Å². The van der Waals surface area contributed by atoms with Crippen LogP contribution in [0.2, 0.25) is 0 Å². The third kappa shape index (κ3) is 2.51. The molecule has 0 unspecified atom stereocenters. The van der Waals surface area contributed by atoms with Crippen LogP contribution < -0.4 is 4.72 Å². The first kappa shape index (κ1) is 13.0. The maximum absolute atomic E-state index is 13.5. The first-order valence-corrected chi connectivity index (χ1v) is 6.85. The zero-order chi connectivity index (χ0) is 13.5. The summed E-state index contributed by atoms with van der Waals surface area (Å²) in [6.45, 7) is 1.33. The maximum Gasteiger partial charge on any atom is 0.338 e. The van der Waals surface area contributed by atoms with Crippen LogP contribution >= 0.6 is 0 Å². The van der Waals surface area contributed by atoms with E-state index < -0.39 is 27.4 Å². The van der Waals surface area contributed by atoms with Crippen molar-refractivity contribution in [1.82, 2.24) is 4.72 Å². The molecule has 7 heteroatoms. The van der Waals surface area contributed by atoms with Gasteiger partial charge in [0.2, 0.25) is 10.0 Å². The quantitative estimate of drug-likeness (QED) is 0.865. The molecule has 5 nitrogen and oxygen atoms in total. The van der Waals surface area contributed by atoms with Gasteiger partial charge in [-0.25, -0.2) is 22.3 Å². The lowest BCUT2D eigenvalue weighted by molar-refractivity contribution is 0.0691. The zero-order valence-corrected chi connectivity index (χ0v) is 10.4. The number of hydrogen-bond donors (Lipinski definition) is 2. The number of sulfonamides is 1. The van der Waals surface area contributed by atoms with Crippen LogP contribution in [0.15, 0.2) is 17.0 Å². The average Bonchev–Trinajstić information content (AvgIpc) is 3.04. The Morgan fingerprint density at radius 1 is 1.44 bits per heavy atom. The molecule has 0 aromatic heterocycles. The zero-order valence-electron chi connectivity index (χ0n) is 9.60. The Hall–Kier alpha value is -1.47. The smallest absolute Gasteiger partial charge is 0.338 e. The van der Waals surface area contributed by atoms with Crippen LogP contribution in [0.3, 0.4) is 0 Å². The van der Waals surface area contributed by atoms with Crippen molar-refractivity contribution in [2.75, 3.05) is 0 Å². The first-order chi connectivity index (χ1) is 8.31. The molecule has 2 N–H and O–H groups in total. The second-order valence-electron chi connectivity index (χ2n) is 4.30. The van der Waals surface area contributed by atoms with Crippen LogP contribution in [0.1, 0.15) is 28.8 Å². The van der Waals surface area contributed by atoms with Gasteiger partial charge in [-0.1, -0.05) is 0 Å². The van der Waals surface area contributed by atoms with Crippen molar-refractivity contribution < 1.29 is 22.7 Å². The van der Waals surface area contributed by atoms with E-state index in [1.807, 2.05) is 0 Å². The second-order valence-corrected chi connectivity index (χ2v) is 6.02. The van der Waals surface area contributed by atoms with Crippen LogP contribution in [-0.2, 0) is 10.0 Å². The predicted octanol–water partition coefficient (Wildman–Crippen LogP) is 1.27. The highest BCUT2D eigenvalue weighted by Gasteiger charge is 2.29. The molecular formula is C11H12FNO4S. The minimum Gasteiger partial charge on any atom is -0.478 e. The number of nitrogens with one attached hydrogen (secondary N) is 1. The molecule has 1 aliphatic carbocycles.